The summed E-state index contributed by atoms with van der Waals surface area (Å²) >= 11 is 1.16. The summed E-state index contributed by atoms with van der Waals surface area (Å²) in [7, 11) is 0. The van der Waals surface area contributed by atoms with Crippen LogP contribution in [0.15, 0.2) is 6.07 Å². The number of nitrogens with zero attached hydrogens (tertiary/aromatic N) is 1. The van der Waals surface area contributed by atoms with Crippen LogP contribution in [0.25, 0.3) is 0 Å². The van der Waals surface area contributed by atoms with Crippen molar-refractivity contribution in [2.75, 3.05) is 0 Å². The average Bonchev–Trinajstić information content (AvgIpc) is 2.51. The molecule has 0 spiro atoms. The molecule has 1 unspecified atom stereocenters. The standard InChI is InChI=1S/C9H10N2OS/c1-3-4-7(10)9(12)8-5-6(2)11-13-8/h1,5,7H,4,10H2,2H3. The molecule has 4 heteroatoms. The van der Waals surface area contributed by atoms with E-state index in [0.29, 0.717) is 4.88 Å². The van der Waals surface area contributed by atoms with Gasteiger partial charge in [-0.2, -0.15) is 4.37 Å². The molecule has 1 aromatic heterocycles. The molecular formula is C9H10N2OS. The van der Waals surface area contributed by atoms with Gasteiger partial charge in [0.25, 0.3) is 0 Å². The monoisotopic (exact) mass is 194 g/mol. The Bertz CT molecular complexity index is 351. The minimum Gasteiger partial charge on any atom is -0.320 e. The Hall–Kier alpha value is -1.18. The van der Waals surface area contributed by atoms with Gasteiger partial charge in [-0.3, -0.25) is 4.79 Å². The van der Waals surface area contributed by atoms with Crippen LogP contribution in [0.4, 0.5) is 0 Å². The first-order valence-corrected chi connectivity index (χ1v) is 4.59. The summed E-state index contributed by atoms with van der Waals surface area (Å²) < 4.78 is 3.99. The van der Waals surface area contributed by atoms with Crippen molar-refractivity contribution < 1.29 is 4.79 Å². The molecule has 0 radical (unpaired) electrons. The molecule has 0 aliphatic carbocycles. The van der Waals surface area contributed by atoms with Crippen molar-refractivity contribution in [2.24, 2.45) is 5.73 Å². The number of aromatic nitrogens is 1. The summed E-state index contributed by atoms with van der Waals surface area (Å²) in [6, 6.07) is 1.13. The van der Waals surface area contributed by atoms with Gasteiger partial charge in [0.15, 0.2) is 5.78 Å². The predicted molar refractivity (Wildman–Crippen MR) is 52.6 cm³/mol. The number of hydrogen-bond donors (Lipinski definition) is 1. The Labute approximate surface area is 81.1 Å². The zero-order valence-electron chi connectivity index (χ0n) is 7.28. The molecule has 0 aromatic carbocycles. The summed E-state index contributed by atoms with van der Waals surface area (Å²) in [5.74, 6) is 2.24. The smallest absolute Gasteiger partial charge is 0.192 e. The molecule has 0 saturated carbocycles. The Kier molecular flexibility index (Phi) is 3.18. The van der Waals surface area contributed by atoms with Gasteiger partial charge in [-0.15, -0.1) is 12.3 Å². The molecule has 0 amide bonds. The fraction of sp³-hybridized carbons (Fsp3) is 0.333. The van der Waals surface area contributed by atoms with Gasteiger partial charge in [-0.1, -0.05) is 0 Å². The molecule has 1 aromatic rings. The lowest BCUT2D eigenvalue weighted by molar-refractivity contribution is 0.0967. The number of carbonyl (C=O) groups excluding carboxylic acids is 1. The van der Waals surface area contributed by atoms with Crippen molar-refractivity contribution in [2.45, 2.75) is 19.4 Å². The van der Waals surface area contributed by atoms with Gasteiger partial charge in [0.2, 0.25) is 0 Å². The van der Waals surface area contributed by atoms with E-state index in [1.165, 1.54) is 0 Å². The highest BCUT2D eigenvalue weighted by atomic mass is 32.1. The van der Waals surface area contributed by atoms with Crippen LogP contribution in [-0.4, -0.2) is 16.2 Å². The van der Waals surface area contributed by atoms with Crippen LogP contribution >= 0.6 is 11.5 Å². The second-order valence-corrected chi connectivity index (χ2v) is 3.52. The second-order valence-electron chi connectivity index (χ2n) is 2.71. The summed E-state index contributed by atoms with van der Waals surface area (Å²) in [6.07, 6.45) is 5.33. The summed E-state index contributed by atoms with van der Waals surface area (Å²) in [5.41, 5.74) is 6.39. The van der Waals surface area contributed by atoms with Crippen LogP contribution in [-0.2, 0) is 0 Å². The predicted octanol–water partition coefficient (Wildman–Crippen LogP) is 0.985. The van der Waals surface area contributed by atoms with E-state index in [2.05, 4.69) is 10.3 Å². The second kappa shape index (κ2) is 4.17. The number of terminal acetylenes is 1. The molecule has 0 bridgehead atoms. The van der Waals surface area contributed by atoms with Gasteiger partial charge in [0.05, 0.1) is 16.6 Å². The highest BCUT2D eigenvalue weighted by Gasteiger charge is 2.16. The summed E-state index contributed by atoms with van der Waals surface area (Å²) in [6.45, 7) is 1.83. The summed E-state index contributed by atoms with van der Waals surface area (Å²) in [5, 5.41) is 0. The number of nitrogens with two attached hydrogens (primary N) is 1. The highest BCUT2D eigenvalue weighted by molar-refractivity contribution is 7.08. The minimum atomic E-state index is -0.593. The number of aryl methyl sites for hydroxylation is 1. The SMILES string of the molecule is C#CCC(N)C(=O)c1cc(C)ns1. The fourth-order valence-corrected chi connectivity index (χ4v) is 1.64. The molecule has 1 rings (SSSR count). The molecule has 1 heterocycles. The van der Waals surface area contributed by atoms with Gasteiger partial charge >= 0.3 is 0 Å². The van der Waals surface area contributed by atoms with E-state index in [9.17, 15) is 4.79 Å². The molecule has 3 nitrogen and oxygen atoms in total. The zero-order chi connectivity index (χ0) is 9.84. The Morgan fingerprint density at radius 1 is 1.92 bits per heavy atom. The maximum absolute atomic E-state index is 11.5. The number of Topliss-reactive ketones (excluding diaryl/α,β-unsaturated/α-hetero) is 1. The average molecular weight is 194 g/mol. The van der Waals surface area contributed by atoms with E-state index in [0.717, 1.165) is 17.2 Å². The molecule has 0 saturated heterocycles. The van der Waals surface area contributed by atoms with E-state index < -0.39 is 6.04 Å². The van der Waals surface area contributed by atoms with E-state index in [1.54, 1.807) is 6.07 Å². The lowest BCUT2D eigenvalue weighted by atomic mass is 10.1. The fourth-order valence-electron chi connectivity index (χ4n) is 0.882. The highest BCUT2D eigenvalue weighted by Crippen LogP contribution is 2.11. The first-order chi connectivity index (χ1) is 6.15. The van der Waals surface area contributed by atoms with Gasteiger partial charge in [0, 0.05) is 6.42 Å². The van der Waals surface area contributed by atoms with Crippen LogP contribution in [0.1, 0.15) is 21.8 Å². The summed E-state index contributed by atoms with van der Waals surface area (Å²) in [4.78, 5) is 12.1. The molecule has 0 aliphatic heterocycles. The van der Waals surface area contributed by atoms with Crippen molar-refractivity contribution in [1.82, 2.24) is 4.37 Å². The Morgan fingerprint density at radius 3 is 3.08 bits per heavy atom. The van der Waals surface area contributed by atoms with Crippen LogP contribution in [0.5, 0.6) is 0 Å². The molecular weight excluding hydrogens is 184 g/mol. The topological polar surface area (TPSA) is 56.0 Å². The van der Waals surface area contributed by atoms with E-state index in [-0.39, 0.29) is 12.2 Å². The van der Waals surface area contributed by atoms with Crippen molar-refractivity contribution in [3.05, 3.63) is 16.6 Å². The number of ketones is 1. The third-order valence-electron chi connectivity index (χ3n) is 1.55. The lowest BCUT2D eigenvalue weighted by Gasteiger charge is -2.02. The first-order valence-electron chi connectivity index (χ1n) is 3.81. The molecule has 13 heavy (non-hydrogen) atoms. The number of carbonyl (C=O) groups is 1. The largest absolute Gasteiger partial charge is 0.320 e. The van der Waals surface area contributed by atoms with E-state index in [1.807, 2.05) is 6.92 Å². The van der Waals surface area contributed by atoms with Crippen LogP contribution in [0.2, 0.25) is 0 Å². The minimum absolute atomic E-state index is 0.122. The maximum atomic E-state index is 11.5. The lowest BCUT2D eigenvalue weighted by Crippen LogP contribution is -2.29. The normalized spacial score (nSPS) is 12.1. The van der Waals surface area contributed by atoms with Gasteiger partial charge in [-0.05, 0) is 24.5 Å². The Morgan fingerprint density at radius 2 is 2.62 bits per heavy atom. The molecule has 68 valence electrons. The van der Waals surface area contributed by atoms with Crippen LogP contribution in [0, 0.1) is 19.3 Å². The molecule has 0 fully saturated rings. The van der Waals surface area contributed by atoms with Crippen molar-refractivity contribution in [1.29, 1.82) is 0 Å². The van der Waals surface area contributed by atoms with Crippen LogP contribution < -0.4 is 5.73 Å². The van der Waals surface area contributed by atoms with Gasteiger partial charge in [0.1, 0.15) is 0 Å². The van der Waals surface area contributed by atoms with Crippen molar-refractivity contribution in [3.8, 4) is 12.3 Å². The number of rotatable bonds is 3. The van der Waals surface area contributed by atoms with Gasteiger partial charge < -0.3 is 5.73 Å². The third-order valence-corrected chi connectivity index (χ3v) is 2.44. The first kappa shape index (κ1) is 9.90. The zero-order valence-corrected chi connectivity index (χ0v) is 8.10. The molecule has 1 atom stereocenters. The molecule has 2 N–H and O–H groups in total. The van der Waals surface area contributed by atoms with Crippen LogP contribution in [0.3, 0.4) is 0 Å². The van der Waals surface area contributed by atoms with Crippen molar-refractivity contribution in [3.63, 3.8) is 0 Å². The van der Waals surface area contributed by atoms with Gasteiger partial charge in [-0.25, -0.2) is 0 Å². The van der Waals surface area contributed by atoms with E-state index >= 15 is 0 Å². The third kappa shape index (κ3) is 2.38. The van der Waals surface area contributed by atoms with Crippen molar-refractivity contribution >= 4 is 17.3 Å². The quantitative estimate of drug-likeness (QED) is 0.576. The number of hydrogen-bond acceptors (Lipinski definition) is 4. The maximum Gasteiger partial charge on any atom is 0.192 e. The Balaban J connectivity index is 2.74. The molecule has 0 aliphatic rings. The van der Waals surface area contributed by atoms with E-state index in [4.69, 9.17) is 12.2 Å².